The third-order valence-corrected chi connectivity index (χ3v) is 3.36. The van der Waals surface area contributed by atoms with Crippen LogP contribution in [-0.2, 0) is 6.54 Å². The number of hydrogen-bond donors (Lipinski definition) is 1. The average molecular weight is 220 g/mol. The van der Waals surface area contributed by atoms with E-state index in [9.17, 15) is 5.11 Å². The second-order valence-electron chi connectivity index (χ2n) is 4.73. The summed E-state index contributed by atoms with van der Waals surface area (Å²) in [6.07, 6.45) is 0. The number of rotatable bonds is 2. The molecule has 0 radical (unpaired) electrons. The fraction of sp³-hybridized carbons (Fsp3) is 0.538. The highest BCUT2D eigenvalue weighted by atomic mass is 16.3. The molecule has 1 aromatic carbocycles. The molecule has 0 aliphatic carbocycles. The Morgan fingerprint density at radius 3 is 2.88 bits per heavy atom. The van der Waals surface area contributed by atoms with Crippen molar-refractivity contribution in [1.29, 1.82) is 0 Å². The molecule has 1 heterocycles. The molecule has 1 aliphatic rings. The third-order valence-electron chi connectivity index (χ3n) is 3.36. The van der Waals surface area contributed by atoms with Gasteiger partial charge in [0.05, 0.1) is 0 Å². The average Bonchev–Trinajstić information content (AvgIpc) is 2.24. The summed E-state index contributed by atoms with van der Waals surface area (Å²) in [4.78, 5) is 4.83. The summed E-state index contributed by atoms with van der Waals surface area (Å²) in [5.74, 6) is 0.361. The summed E-state index contributed by atoms with van der Waals surface area (Å²) >= 11 is 0. The van der Waals surface area contributed by atoms with Gasteiger partial charge in [-0.15, -0.1) is 0 Å². The van der Waals surface area contributed by atoms with Crippen molar-refractivity contribution >= 4 is 0 Å². The lowest BCUT2D eigenvalue weighted by atomic mass is 10.1. The summed E-state index contributed by atoms with van der Waals surface area (Å²) in [5, 5.41) is 9.41. The van der Waals surface area contributed by atoms with Crippen LogP contribution in [0.15, 0.2) is 24.3 Å². The Hall–Kier alpha value is -1.06. The number of nitrogens with zero attached hydrogens (tertiary/aromatic N) is 2. The van der Waals surface area contributed by atoms with Crippen LogP contribution in [0.25, 0.3) is 0 Å². The number of hydrogen-bond acceptors (Lipinski definition) is 3. The molecule has 3 nitrogen and oxygen atoms in total. The van der Waals surface area contributed by atoms with Crippen LogP contribution in [0.2, 0.25) is 0 Å². The van der Waals surface area contributed by atoms with Crippen LogP contribution in [0.4, 0.5) is 0 Å². The molecule has 0 spiro atoms. The lowest BCUT2D eigenvalue weighted by molar-refractivity contribution is 0.0999. The molecule has 1 saturated heterocycles. The molecule has 0 amide bonds. The summed E-state index contributed by atoms with van der Waals surface area (Å²) in [5.41, 5.74) is 1.19. The first-order valence-electron chi connectivity index (χ1n) is 5.85. The number of phenols is 1. The van der Waals surface area contributed by atoms with E-state index in [-0.39, 0.29) is 0 Å². The van der Waals surface area contributed by atoms with Crippen molar-refractivity contribution < 1.29 is 5.11 Å². The van der Waals surface area contributed by atoms with E-state index in [2.05, 4.69) is 29.8 Å². The minimum atomic E-state index is 0.361. The SMILES string of the molecule is CC1CN(Cc2cccc(O)c2)CCN1C. The van der Waals surface area contributed by atoms with Crippen LogP contribution >= 0.6 is 0 Å². The number of aromatic hydroxyl groups is 1. The molecule has 0 bridgehead atoms. The molecule has 2 rings (SSSR count). The van der Waals surface area contributed by atoms with Crippen molar-refractivity contribution in [3.8, 4) is 5.75 Å². The second-order valence-corrected chi connectivity index (χ2v) is 4.73. The standard InChI is InChI=1S/C13H20N2O/c1-11-9-15(7-6-14(11)2)10-12-4-3-5-13(16)8-12/h3-5,8,11,16H,6-7,9-10H2,1-2H3. The normalized spacial score (nSPS) is 23.5. The maximum absolute atomic E-state index is 9.41. The Kier molecular flexibility index (Phi) is 3.46. The van der Waals surface area contributed by atoms with Gasteiger partial charge >= 0.3 is 0 Å². The largest absolute Gasteiger partial charge is 0.508 e. The zero-order chi connectivity index (χ0) is 11.5. The third kappa shape index (κ3) is 2.74. The molecular formula is C13H20N2O. The molecule has 1 atom stereocenters. The van der Waals surface area contributed by atoms with E-state index in [0.717, 1.165) is 26.2 Å². The number of likely N-dealkylation sites (N-methyl/N-ethyl adjacent to an activating group) is 1. The highest BCUT2D eigenvalue weighted by Crippen LogP contribution is 2.15. The van der Waals surface area contributed by atoms with Gasteiger partial charge < -0.3 is 10.0 Å². The Morgan fingerprint density at radius 1 is 1.38 bits per heavy atom. The molecule has 3 heteroatoms. The first kappa shape index (κ1) is 11.4. The lowest BCUT2D eigenvalue weighted by Crippen LogP contribution is -2.49. The molecule has 88 valence electrons. The molecule has 1 aromatic rings. The van der Waals surface area contributed by atoms with Crippen molar-refractivity contribution in [2.75, 3.05) is 26.7 Å². The van der Waals surface area contributed by atoms with Crippen molar-refractivity contribution in [2.45, 2.75) is 19.5 Å². The van der Waals surface area contributed by atoms with Crippen LogP contribution in [0, 0.1) is 0 Å². The summed E-state index contributed by atoms with van der Waals surface area (Å²) < 4.78 is 0. The first-order valence-corrected chi connectivity index (χ1v) is 5.85. The highest BCUT2D eigenvalue weighted by Gasteiger charge is 2.20. The predicted octanol–water partition coefficient (Wildman–Crippen LogP) is 1.53. The van der Waals surface area contributed by atoms with Crippen LogP contribution in [0.3, 0.4) is 0 Å². The van der Waals surface area contributed by atoms with E-state index in [0.29, 0.717) is 11.8 Å². The molecule has 0 aromatic heterocycles. The number of benzene rings is 1. The summed E-state index contributed by atoms with van der Waals surface area (Å²) in [6, 6.07) is 8.16. The highest BCUT2D eigenvalue weighted by molar-refractivity contribution is 5.27. The Morgan fingerprint density at radius 2 is 2.19 bits per heavy atom. The smallest absolute Gasteiger partial charge is 0.115 e. The minimum absolute atomic E-state index is 0.361. The fourth-order valence-electron chi connectivity index (χ4n) is 2.18. The molecule has 16 heavy (non-hydrogen) atoms. The van der Waals surface area contributed by atoms with Gasteiger partial charge in [-0.2, -0.15) is 0 Å². The Bertz CT molecular complexity index is 354. The summed E-state index contributed by atoms with van der Waals surface area (Å²) in [6.45, 7) is 6.53. The van der Waals surface area contributed by atoms with E-state index in [4.69, 9.17) is 0 Å². The van der Waals surface area contributed by atoms with Crippen molar-refractivity contribution in [3.05, 3.63) is 29.8 Å². The monoisotopic (exact) mass is 220 g/mol. The van der Waals surface area contributed by atoms with Gasteiger partial charge in [0.25, 0.3) is 0 Å². The van der Waals surface area contributed by atoms with Gasteiger partial charge in [0, 0.05) is 32.2 Å². The zero-order valence-electron chi connectivity index (χ0n) is 10.1. The van der Waals surface area contributed by atoms with Gasteiger partial charge in [-0.1, -0.05) is 12.1 Å². The van der Waals surface area contributed by atoms with Gasteiger partial charge in [0.15, 0.2) is 0 Å². The molecular weight excluding hydrogens is 200 g/mol. The van der Waals surface area contributed by atoms with E-state index in [1.54, 1.807) is 6.07 Å². The van der Waals surface area contributed by atoms with Crippen LogP contribution in [0.5, 0.6) is 5.75 Å². The Labute approximate surface area is 97.3 Å². The molecule has 1 unspecified atom stereocenters. The van der Waals surface area contributed by atoms with Crippen molar-refractivity contribution in [2.24, 2.45) is 0 Å². The van der Waals surface area contributed by atoms with Crippen molar-refractivity contribution in [3.63, 3.8) is 0 Å². The zero-order valence-corrected chi connectivity index (χ0v) is 10.1. The maximum Gasteiger partial charge on any atom is 0.115 e. The van der Waals surface area contributed by atoms with Gasteiger partial charge in [0.1, 0.15) is 5.75 Å². The minimum Gasteiger partial charge on any atom is -0.508 e. The van der Waals surface area contributed by atoms with E-state index in [1.807, 2.05) is 12.1 Å². The first-order chi connectivity index (χ1) is 7.65. The van der Waals surface area contributed by atoms with Crippen LogP contribution in [-0.4, -0.2) is 47.6 Å². The molecule has 1 aliphatic heterocycles. The maximum atomic E-state index is 9.41. The quantitative estimate of drug-likeness (QED) is 0.819. The van der Waals surface area contributed by atoms with Gasteiger partial charge in [0.2, 0.25) is 0 Å². The second kappa shape index (κ2) is 4.85. The topological polar surface area (TPSA) is 26.7 Å². The van der Waals surface area contributed by atoms with Gasteiger partial charge in [-0.3, -0.25) is 4.90 Å². The number of piperazine rings is 1. The van der Waals surface area contributed by atoms with Gasteiger partial charge in [-0.25, -0.2) is 0 Å². The fourth-order valence-corrected chi connectivity index (χ4v) is 2.18. The van der Waals surface area contributed by atoms with Crippen LogP contribution in [0.1, 0.15) is 12.5 Å². The van der Waals surface area contributed by atoms with E-state index < -0.39 is 0 Å². The van der Waals surface area contributed by atoms with Gasteiger partial charge in [-0.05, 0) is 31.7 Å². The summed E-state index contributed by atoms with van der Waals surface area (Å²) in [7, 11) is 2.18. The number of phenolic OH excluding ortho intramolecular Hbond substituents is 1. The van der Waals surface area contributed by atoms with E-state index in [1.165, 1.54) is 5.56 Å². The molecule has 1 fully saturated rings. The van der Waals surface area contributed by atoms with Crippen molar-refractivity contribution in [1.82, 2.24) is 9.80 Å². The Balaban J connectivity index is 1.95. The molecule has 1 N–H and O–H groups in total. The van der Waals surface area contributed by atoms with E-state index >= 15 is 0 Å². The molecule has 0 saturated carbocycles. The predicted molar refractivity (Wildman–Crippen MR) is 65.5 cm³/mol. The van der Waals surface area contributed by atoms with Crippen LogP contribution < -0.4 is 0 Å². The lowest BCUT2D eigenvalue weighted by Gasteiger charge is -2.37.